The Morgan fingerprint density at radius 2 is 2.12 bits per heavy atom. The molecule has 2 rings (SSSR count). The number of rotatable bonds is 4. The number of aromatic nitrogens is 2. The molecule has 2 heterocycles. The van der Waals surface area contributed by atoms with Crippen molar-refractivity contribution in [2.75, 3.05) is 25.0 Å². The average molecular weight is 397 g/mol. The van der Waals surface area contributed by atoms with E-state index in [9.17, 15) is 18.0 Å². The minimum Gasteiger partial charge on any atom is -0.467 e. The third-order valence-corrected chi connectivity index (χ3v) is 3.52. The largest absolute Gasteiger partial charge is 0.467 e. The molecule has 1 saturated heterocycles. The van der Waals surface area contributed by atoms with E-state index >= 15 is 0 Å². The second kappa shape index (κ2) is 7.73. The summed E-state index contributed by atoms with van der Waals surface area (Å²) in [6.45, 7) is 4.68. The van der Waals surface area contributed by atoms with Crippen LogP contribution < -0.4 is 10.1 Å². The molecule has 0 bridgehead atoms. The van der Waals surface area contributed by atoms with Gasteiger partial charge < -0.3 is 19.7 Å². The van der Waals surface area contributed by atoms with Crippen LogP contribution in [0.5, 0.6) is 5.88 Å². The summed E-state index contributed by atoms with van der Waals surface area (Å²) in [6, 6.07) is -0.167. The zero-order chi connectivity index (χ0) is 19.5. The second-order valence-corrected chi connectivity index (χ2v) is 7.21. The van der Waals surface area contributed by atoms with Crippen LogP contribution in [0.1, 0.15) is 27.2 Å². The molecule has 0 aromatic carbocycles. The maximum absolute atomic E-state index is 12.3. The summed E-state index contributed by atoms with van der Waals surface area (Å²) in [5.74, 6) is -0.286. The van der Waals surface area contributed by atoms with E-state index in [0.717, 1.165) is 6.20 Å². The summed E-state index contributed by atoms with van der Waals surface area (Å²) in [4.78, 5) is 21.4. The first-order valence-electron chi connectivity index (χ1n) is 7.89. The van der Waals surface area contributed by atoms with Crippen molar-refractivity contribution in [1.29, 1.82) is 0 Å². The molecule has 1 aliphatic heterocycles. The number of hydrogen-bond donors (Lipinski definition) is 1. The van der Waals surface area contributed by atoms with Crippen LogP contribution in [0.4, 0.5) is 23.9 Å². The van der Waals surface area contributed by atoms with Gasteiger partial charge in [0.25, 0.3) is 0 Å². The van der Waals surface area contributed by atoms with Gasteiger partial charge in [-0.1, -0.05) is 11.6 Å². The van der Waals surface area contributed by atoms with E-state index in [2.05, 4.69) is 20.0 Å². The summed E-state index contributed by atoms with van der Waals surface area (Å²) in [6.07, 6.45) is -3.15. The van der Waals surface area contributed by atoms with E-state index in [1.165, 1.54) is 0 Å². The van der Waals surface area contributed by atoms with E-state index in [1.807, 2.05) is 0 Å². The van der Waals surface area contributed by atoms with E-state index in [0.29, 0.717) is 19.5 Å². The van der Waals surface area contributed by atoms with Gasteiger partial charge in [0.2, 0.25) is 11.8 Å². The zero-order valence-corrected chi connectivity index (χ0v) is 15.3. The lowest BCUT2D eigenvalue weighted by Crippen LogP contribution is -2.36. The maximum Gasteiger partial charge on any atom is 0.422 e. The molecule has 1 aromatic rings. The molecule has 1 atom stereocenters. The fraction of sp³-hybridized carbons (Fsp3) is 0.667. The second-order valence-electron chi connectivity index (χ2n) is 6.81. The van der Waals surface area contributed by atoms with E-state index in [1.54, 1.807) is 25.7 Å². The number of nitrogens with one attached hydrogen (secondary N) is 1. The van der Waals surface area contributed by atoms with Crippen molar-refractivity contribution in [3.05, 3.63) is 11.2 Å². The van der Waals surface area contributed by atoms with Gasteiger partial charge in [-0.25, -0.2) is 9.78 Å². The first-order chi connectivity index (χ1) is 11.9. The van der Waals surface area contributed by atoms with Crippen molar-refractivity contribution in [2.24, 2.45) is 0 Å². The van der Waals surface area contributed by atoms with Gasteiger partial charge in [-0.05, 0) is 27.2 Å². The summed E-state index contributed by atoms with van der Waals surface area (Å²) in [5.41, 5.74) is -0.591. The lowest BCUT2D eigenvalue weighted by atomic mass is 10.2. The van der Waals surface area contributed by atoms with Gasteiger partial charge in [-0.3, -0.25) is 0 Å². The zero-order valence-electron chi connectivity index (χ0n) is 14.6. The Bertz CT molecular complexity index is 652. The third-order valence-electron chi connectivity index (χ3n) is 3.26. The number of nitrogens with zero attached hydrogens (tertiary/aromatic N) is 3. The molecule has 26 heavy (non-hydrogen) atoms. The lowest BCUT2D eigenvalue weighted by Gasteiger charge is -2.24. The van der Waals surface area contributed by atoms with Crippen molar-refractivity contribution in [3.8, 4) is 5.88 Å². The van der Waals surface area contributed by atoms with E-state index < -0.39 is 24.5 Å². The summed E-state index contributed by atoms with van der Waals surface area (Å²) in [7, 11) is 0. The molecule has 0 radical (unpaired) electrons. The van der Waals surface area contributed by atoms with Crippen LogP contribution in [-0.4, -0.2) is 58.5 Å². The fourth-order valence-electron chi connectivity index (χ4n) is 2.23. The molecule has 0 saturated carbocycles. The van der Waals surface area contributed by atoms with Crippen molar-refractivity contribution in [2.45, 2.75) is 45.0 Å². The first-order valence-corrected chi connectivity index (χ1v) is 8.27. The van der Waals surface area contributed by atoms with Gasteiger partial charge in [-0.15, -0.1) is 0 Å². The molecule has 1 aliphatic rings. The highest BCUT2D eigenvalue weighted by Crippen LogP contribution is 2.25. The highest BCUT2D eigenvalue weighted by atomic mass is 35.5. The number of alkyl halides is 3. The van der Waals surface area contributed by atoms with Gasteiger partial charge in [-0.2, -0.15) is 18.2 Å². The molecule has 1 unspecified atom stereocenters. The first kappa shape index (κ1) is 20.3. The molecule has 0 aliphatic carbocycles. The van der Waals surface area contributed by atoms with Crippen LogP contribution in [0.25, 0.3) is 0 Å². The molecule has 1 amide bonds. The Hall–Kier alpha value is -1.97. The number of likely N-dealkylation sites (tertiary alicyclic amines) is 1. The number of carbonyl (C=O) groups is 1. The van der Waals surface area contributed by atoms with E-state index in [-0.39, 0.29) is 22.9 Å². The Kier molecular flexibility index (Phi) is 6.05. The van der Waals surface area contributed by atoms with Gasteiger partial charge in [0.1, 0.15) is 10.6 Å². The van der Waals surface area contributed by atoms with Gasteiger partial charge in [0, 0.05) is 19.1 Å². The molecule has 1 fully saturated rings. The lowest BCUT2D eigenvalue weighted by molar-refractivity contribution is -0.154. The minimum absolute atomic E-state index is 0.0719. The third kappa shape index (κ3) is 6.40. The molecular formula is C15H20ClF3N4O3. The number of halogens is 4. The summed E-state index contributed by atoms with van der Waals surface area (Å²) < 4.78 is 46.7. The molecular weight excluding hydrogens is 377 g/mol. The van der Waals surface area contributed by atoms with Crippen molar-refractivity contribution < 1.29 is 27.4 Å². The van der Waals surface area contributed by atoms with E-state index in [4.69, 9.17) is 16.3 Å². The van der Waals surface area contributed by atoms with Crippen molar-refractivity contribution in [1.82, 2.24) is 14.9 Å². The topological polar surface area (TPSA) is 76.6 Å². The molecule has 1 aromatic heterocycles. The van der Waals surface area contributed by atoms with Crippen LogP contribution in [-0.2, 0) is 4.74 Å². The van der Waals surface area contributed by atoms with Gasteiger partial charge in [0.05, 0.1) is 6.20 Å². The molecule has 0 spiro atoms. The van der Waals surface area contributed by atoms with Crippen LogP contribution in [0.15, 0.2) is 6.20 Å². The Morgan fingerprint density at radius 1 is 1.42 bits per heavy atom. The monoisotopic (exact) mass is 396 g/mol. The van der Waals surface area contributed by atoms with Crippen LogP contribution in [0.3, 0.4) is 0 Å². The molecule has 146 valence electrons. The Balaban J connectivity index is 1.94. The highest BCUT2D eigenvalue weighted by Gasteiger charge is 2.31. The molecule has 7 nitrogen and oxygen atoms in total. The predicted octanol–water partition coefficient (Wildman–Crippen LogP) is 3.49. The number of carbonyl (C=O) groups excluding carboxylic acids is 1. The number of ether oxygens (including phenoxy) is 2. The highest BCUT2D eigenvalue weighted by molar-refractivity contribution is 6.31. The number of amides is 1. The van der Waals surface area contributed by atoms with Crippen LogP contribution in [0, 0.1) is 0 Å². The quantitative estimate of drug-likeness (QED) is 0.839. The summed E-state index contributed by atoms with van der Waals surface area (Å²) >= 11 is 5.75. The Labute approximate surface area is 153 Å². The van der Waals surface area contributed by atoms with Crippen molar-refractivity contribution in [3.63, 3.8) is 0 Å². The van der Waals surface area contributed by atoms with Crippen molar-refractivity contribution >= 4 is 23.6 Å². The SMILES string of the molecule is CC(C)(C)OC(=O)N1CCC(Nc2ncc(Cl)c(OCC(F)(F)F)n2)C1. The maximum atomic E-state index is 12.3. The Morgan fingerprint density at radius 3 is 2.73 bits per heavy atom. The smallest absolute Gasteiger partial charge is 0.422 e. The standard InChI is InChI=1S/C15H20ClF3N4O3/c1-14(2,3)26-13(24)23-5-4-9(7-23)21-12-20-6-10(16)11(22-12)25-8-15(17,18)19/h6,9H,4-5,7-8H2,1-3H3,(H,20,21,22). The number of anilines is 1. The van der Waals surface area contributed by atoms with Crippen LogP contribution in [0.2, 0.25) is 5.02 Å². The fourth-order valence-corrected chi connectivity index (χ4v) is 2.37. The molecule has 1 N–H and O–H groups in total. The minimum atomic E-state index is -4.50. The molecule has 11 heteroatoms. The predicted molar refractivity (Wildman–Crippen MR) is 88.4 cm³/mol. The van der Waals surface area contributed by atoms with Gasteiger partial charge >= 0.3 is 12.3 Å². The normalized spacial score (nSPS) is 18.0. The van der Waals surface area contributed by atoms with Crippen LogP contribution >= 0.6 is 11.6 Å². The average Bonchev–Trinajstić information content (AvgIpc) is 2.94. The summed E-state index contributed by atoms with van der Waals surface area (Å²) in [5, 5.41) is 2.84. The number of hydrogen-bond acceptors (Lipinski definition) is 6. The van der Waals surface area contributed by atoms with Gasteiger partial charge in [0.15, 0.2) is 6.61 Å².